The normalized spacial score (nSPS) is 10.5. The Bertz CT molecular complexity index is 1340. The second-order valence-corrected chi connectivity index (χ2v) is 8.11. The lowest BCUT2D eigenvalue weighted by Crippen LogP contribution is -2.04. The van der Waals surface area contributed by atoms with Crippen molar-refractivity contribution in [1.29, 1.82) is 5.26 Å². The number of halogens is 2. The quantitative estimate of drug-likeness (QED) is 0.250. The van der Waals surface area contributed by atoms with Crippen molar-refractivity contribution in [3.8, 4) is 44.8 Å². The van der Waals surface area contributed by atoms with E-state index in [0.29, 0.717) is 37.3 Å². The summed E-state index contributed by atoms with van der Waals surface area (Å²) >= 11 is 13.5. The minimum absolute atomic E-state index is 0.159. The summed E-state index contributed by atoms with van der Waals surface area (Å²) in [5.74, 6) is 0.159. The molecule has 8 heteroatoms. The monoisotopic (exact) mass is 466 g/mol. The molecule has 0 amide bonds. The molecule has 0 unspecified atom stereocenters. The van der Waals surface area contributed by atoms with E-state index >= 15 is 0 Å². The number of nitriles is 1. The van der Waals surface area contributed by atoms with E-state index in [1.54, 1.807) is 48.5 Å². The van der Waals surface area contributed by atoms with E-state index in [2.05, 4.69) is 11.1 Å². The molecule has 0 fully saturated rings. The lowest BCUT2D eigenvalue weighted by molar-refractivity contribution is 0.144. The van der Waals surface area contributed by atoms with Gasteiger partial charge < -0.3 is 9.84 Å². The lowest BCUT2D eigenvalue weighted by Gasteiger charge is -2.10. The maximum atomic E-state index is 11.3. The summed E-state index contributed by atoms with van der Waals surface area (Å²) in [6.07, 6.45) is -1.43. The third-order valence-electron chi connectivity index (χ3n) is 4.45. The second kappa shape index (κ2) is 8.78. The van der Waals surface area contributed by atoms with Gasteiger partial charge in [0.05, 0.1) is 27.4 Å². The van der Waals surface area contributed by atoms with E-state index in [4.69, 9.17) is 33.2 Å². The third-order valence-corrected chi connectivity index (χ3v) is 6.08. The number of nitrogens with zero attached hydrogens (tertiary/aromatic N) is 2. The standard InChI is InChI=1S/C23H12Cl2N2O3S/c24-18-7-5-15(9-19(18)25)20-12-31-22(27-20)16-4-6-17(21(10-16)30-23(28)29)14-3-1-2-13(8-14)11-26/h1-10,12H,(H,28,29). The average Bonchev–Trinajstić information content (AvgIpc) is 3.25. The van der Waals surface area contributed by atoms with Crippen molar-refractivity contribution >= 4 is 40.7 Å². The van der Waals surface area contributed by atoms with Crippen LogP contribution < -0.4 is 4.74 Å². The summed E-state index contributed by atoms with van der Waals surface area (Å²) in [6, 6.07) is 19.4. The molecule has 1 heterocycles. The predicted molar refractivity (Wildman–Crippen MR) is 122 cm³/mol. The minimum Gasteiger partial charge on any atom is -0.449 e. The molecule has 0 spiro atoms. The van der Waals surface area contributed by atoms with Gasteiger partial charge in [0.2, 0.25) is 0 Å². The van der Waals surface area contributed by atoms with Gasteiger partial charge in [0, 0.05) is 22.1 Å². The molecule has 0 aliphatic heterocycles. The van der Waals surface area contributed by atoms with E-state index in [1.165, 1.54) is 11.3 Å². The molecule has 1 aromatic heterocycles. The van der Waals surface area contributed by atoms with Gasteiger partial charge in [0.25, 0.3) is 0 Å². The van der Waals surface area contributed by atoms with E-state index in [9.17, 15) is 9.90 Å². The molecule has 0 saturated carbocycles. The first-order valence-electron chi connectivity index (χ1n) is 8.91. The molecular weight excluding hydrogens is 455 g/mol. The minimum atomic E-state index is -1.43. The van der Waals surface area contributed by atoms with Gasteiger partial charge in [-0.05, 0) is 42.0 Å². The first-order chi connectivity index (χ1) is 14.9. The zero-order valence-electron chi connectivity index (χ0n) is 15.7. The van der Waals surface area contributed by atoms with Gasteiger partial charge in [0.15, 0.2) is 0 Å². The summed E-state index contributed by atoms with van der Waals surface area (Å²) in [7, 11) is 0. The highest BCUT2D eigenvalue weighted by atomic mass is 35.5. The van der Waals surface area contributed by atoms with E-state index in [1.807, 2.05) is 17.5 Å². The van der Waals surface area contributed by atoms with Crippen LogP contribution in [-0.2, 0) is 0 Å². The first kappa shape index (κ1) is 20.9. The fourth-order valence-corrected chi connectivity index (χ4v) is 4.15. The molecular formula is C23H12Cl2N2O3S. The van der Waals surface area contributed by atoms with Crippen LogP contribution in [-0.4, -0.2) is 16.2 Å². The van der Waals surface area contributed by atoms with Gasteiger partial charge in [-0.25, -0.2) is 9.78 Å². The average molecular weight is 467 g/mol. The fraction of sp³-hybridized carbons (Fsp3) is 0. The first-order valence-corrected chi connectivity index (χ1v) is 10.5. The van der Waals surface area contributed by atoms with Crippen LogP contribution in [0, 0.1) is 11.3 Å². The number of carboxylic acid groups (broad SMARTS) is 1. The molecule has 5 nitrogen and oxygen atoms in total. The van der Waals surface area contributed by atoms with Crippen LogP contribution in [0.25, 0.3) is 33.0 Å². The van der Waals surface area contributed by atoms with Crippen molar-refractivity contribution in [2.24, 2.45) is 0 Å². The number of rotatable bonds is 4. The molecule has 0 bridgehead atoms. The van der Waals surface area contributed by atoms with E-state index < -0.39 is 6.16 Å². The van der Waals surface area contributed by atoms with Crippen LogP contribution in [0.1, 0.15) is 5.56 Å². The number of hydrogen-bond donors (Lipinski definition) is 1. The predicted octanol–water partition coefficient (Wildman–Crippen LogP) is 7.38. The molecule has 1 N–H and O–H groups in total. The van der Waals surface area contributed by atoms with Crippen LogP contribution >= 0.6 is 34.5 Å². The van der Waals surface area contributed by atoms with Gasteiger partial charge in [-0.1, -0.05) is 47.5 Å². The molecule has 0 aliphatic rings. The van der Waals surface area contributed by atoms with Gasteiger partial charge in [-0.15, -0.1) is 11.3 Å². The zero-order chi connectivity index (χ0) is 22.0. The molecule has 0 saturated heterocycles. The summed E-state index contributed by atoms with van der Waals surface area (Å²) in [6.45, 7) is 0. The summed E-state index contributed by atoms with van der Waals surface area (Å²) in [5.41, 5.74) is 3.96. The van der Waals surface area contributed by atoms with Crippen molar-refractivity contribution in [2.75, 3.05) is 0 Å². The molecule has 0 atom stereocenters. The van der Waals surface area contributed by atoms with Gasteiger partial charge in [0.1, 0.15) is 10.8 Å². The molecule has 31 heavy (non-hydrogen) atoms. The molecule has 4 rings (SSSR count). The second-order valence-electron chi connectivity index (χ2n) is 6.44. The smallest absolute Gasteiger partial charge is 0.449 e. The van der Waals surface area contributed by atoms with Crippen LogP contribution in [0.15, 0.2) is 66.0 Å². The topological polar surface area (TPSA) is 83.2 Å². The highest BCUT2D eigenvalue weighted by Crippen LogP contribution is 2.37. The number of carbonyl (C=O) groups is 1. The van der Waals surface area contributed by atoms with Crippen molar-refractivity contribution in [1.82, 2.24) is 4.98 Å². The lowest BCUT2D eigenvalue weighted by atomic mass is 10.0. The SMILES string of the molecule is N#Cc1cccc(-c2ccc(-c3nc(-c4ccc(Cl)c(Cl)c4)cs3)cc2OC(=O)O)c1. The van der Waals surface area contributed by atoms with Crippen molar-refractivity contribution < 1.29 is 14.6 Å². The molecule has 0 aliphatic carbocycles. The Morgan fingerprint density at radius 1 is 1.00 bits per heavy atom. The number of hydrogen-bond acceptors (Lipinski definition) is 5. The Balaban J connectivity index is 1.74. The maximum Gasteiger partial charge on any atom is 0.511 e. The van der Waals surface area contributed by atoms with Crippen molar-refractivity contribution in [2.45, 2.75) is 0 Å². The summed E-state index contributed by atoms with van der Waals surface area (Å²) in [4.78, 5) is 15.9. The molecule has 0 radical (unpaired) electrons. The summed E-state index contributed by atoms with van der Waals surface area (Å²) < 4.78 is 5.03. The Labute approximate surface area is 191 Å². The Morgan fingerprint density at radius 3 is 2.55 bits per heavy atom. The van der Waals surface area contributed by atoms with Crippen LogP contribution in [0.3, 0.4) is 0 Å². The number of benzene rings is 3. The Hall–Kier alpha value is -3.37. The van der Waals surface area contributed by atoms with Crippen LogP contribution in [0.2, 0.25) is 10.0 Å². The van der Waals surface area contributed by atoms with Gasteiger partial charge >= 0.3 is 6.16 Å². The Morgan fingerprint density at radius 2 is 1.81 bits per heavy atom. The highest BCUT2D eigenvalue weighted by Gasteiger charge is 2.15. The number of aromatic nitrogens is 1. The number of thiazole rings is 1. The molecule has 3 aromatic carbocycles. The molecule has 4 aromatic rings. The van der Waals surface area contributed by atoms with E-state index in [0.717, 1.165) is 11.3 Å². The largest absolute Gasteiger partial charge is 0.511 e. The van der Waals surface area contributed by atoms with Gasteiger partial charge in [-0.2, -0.15) is 5.26 Å². The highest BCUT2D eigenvalue weighted by molar-refractivity contribution is 7.13. The van der Waals surface area contributed by atoms with Crippen molar-refractivity contribution in [3.63, 3.8) is 0 Å². The zero-order valence-corrected chi connectivity index (χ0v) is 18.0. The fourth-order valence-electron chi connectivity index (χ4n) is 3.02. The van der Waals surface area contributed by atoms with Crippen molar-refractivity contribution in [3.05, 3.63) is 81.7 Å². The van der Waals surface area contributed by atoms with E-state index in [-0.39, 0.29) is 5.75 Å². The van der Waals surface area contributed by atoms with Gasteiger partial charge in [-0.3, -0.25) is 0 Å². The third kappa shape index (κ3) is 4.54. The maximum absolute atomic E-state index is 11.3. The van der Waals surface area contributed by atoms with Crippen LogP contribution in [0.4, 0.5) is 4.79 Å². The van der Waals surface area contributed by atoms with Crippen LogP contribution in [0.5, 0.6) is 5.75 Å². The summed E-state index contributed by atoms with van der Waals surface area (Å²) in [5, 5.41) is 21.8. The Kier molecular flexibility index (Phi) is 5.92. The number of ether oxygens (including phenoxy) is 1. The molecule has 152 valence electrons.